The zero-order chi connectivity index (χ0) is 28.4. The largest absolute Gasteiger partial charge is 0.497 e. The number of thioether (sulfide) groups is 1. The fourth-order valence-corrected chi connectivity index (χ4v) is 5.17. The minimum atomic E-state index is -0.527. The Morgan fingerprint density at radius 1 is 0.634 bits per heavy atom. The van der Waals surface area contributed by atoms with Crippen molar-refractivity contribution in [3.63, 3.8) is 0 Å². The molecule has 0 aliphatic rings. The number of rotatable bonds is 10. The Kier molecular flexibility index (Phi) is 8.98. The Balaban J connectivity index is 1.29. The van der Waals surface area contributed by atoms with Crippen LogP contribution in [0.25, 0.3) is 0 Å². The van der Waals surface area contributed by atoms with Crippen LogP contribution in [0.5, 0.6) is 17.2 Å². The van der Waals surface area contributed by atoms with Gasteiger partial charge >= 0.3 is 0 Å². The average molecular weight is 561 g/mol. The summed E-state index contributed by atoms with van der Waals surface area (Å²) in [5, 5.41) is 5.44. The molecule has 0 aliphatic heterocycles. The summed E-state index contributed by atoms with van der Waals surface area (Å²) in [5.41, 5.74) is 2.65. The number of carbonyl (C=O) groups is 2. The van der Waals surface area contributed by atoms with Gasteiger partial charge in [-0.2, -0.15) is 0 Å². The van der Waals surface area contributed by atoms with Gasteiger partial charge in [-0.05, 0) is 78.4 Å². The first-order chi connectivity index (χ1) is 20.1. The van der Waals surface area contributed by atoms with Crippen LogP contribution in [0.15, 0.2) is 138 Å². The highest BCUT2D eigenvalue weighted by atomic mass is 32.2. The van der Waals surface area contributed by atoms with E-state index in [4.69, 9.17) is 9.47 Å². The predicted octanol–water partition coefficient (Wildman–Crippen LogP) is 8.21. The molecule has 0 aliphatic carbocycles. The third-order valence-corrected chi connectivity index (χ3v) is 7.37. The van der Waals surface area contributed by atoms with Crippen molar-refractivity contribution >= 4 is 35.0 Å². The second-order valence-corrected chi connectivity index (χ2v) is 10.2. The highest BCUT2D eigenvalue weighted by Crippen LogP contribution is 2.37. The number of methoxy groups -OCH3 is 1. The van der Waals surface area contributed by atoms with Crippen LogP contribution in [0.1, 0.15) is 21.2 Å². The number of benzene rings is 5. The molecule has 5 aromatic carbocycles. The molecule has 2 amide bonds. The maximum absolute atomic E-state index is 13.6. The molecule has 1 atom stereocenters. The van der Waals surface area contributed by atoms with Gasteiger partial charge in [0, 0.05) is 21.8 Å². The summed E-state index contributed by atoms with van der Waals surface area (Å²) in [4.78, 5) is 27.2. The molecule has 5 aromatic rings. The molecule has 204 valence electrons. The Bertz CT molecular complexity index is 1610. The van der Waals surface area contributed by atoms with Gasteiger partial charge in [-0.25, -0.2) is 0 Å². The number of amides is 2. The summed E-state index contributed by atoms with van der Waals surface area (Å²) in [6.45, 7) is 0. The second-order valence-electron chi connectivity index (χ2n) is 9.05. The van der Waals surface area contributed by atoms with E-state index in [0.29, 0.717) is 28.4 Å². The highest BCUT2D eigenvalue weighted by molar-refractivity contribution is 8.00. The van der Waals surface area contributed by atoms with Gasteiger partial charge in [0.1, 0.15) is 22.5 Å². The fourth-order valence-electron chi connectivity index (χ4n) is 4.09. The molecule has 7 heteroatoms. The number of hydrogen-bond donors (Lipinski definition) is 2. The lowest BCUT2D eigenvalue weighted by Crippen LogP contribution is -2.19. The zero-order valence-electron chi connectivity index (χ0n) is 22.3. The van der Waals surface area contributed by atoms with E-state index in [1.54, 1.807) is 31.4 Å². The van der Waals surface area contributed by atoms with Gasteiger partial charge in [-0.15, -0.1) is 11.8 Å². The van der Waals surface area contributed by atoms with E-state index in [0.717, 1.165) is 16.2 Å². The monoisotopic (exact) mass is 560 g/mol. The number of carbonyl (C=O) groups excluding carboxylic acids is 2. The summed E-state index contributed by atoms with van der Waals surface area (Å²) in [7, 11) is 1.56. The first-order valence-corrected chi connectivity index (χ1v) is 13.9. The lowest BCUT2D eigenvalue weighted by Gasteiger charge is -2.18. The Hall–Kier alpha value is -5.01. The minimum Gasteiger partial charge on any atom is -0.497 e. The molecule has 5 rings (SSSR count). The molecule has 0 heterocycles. The Labute approximate surface area is 243 Å². The van der Waals surface area contributed by atoms with E-state index in [1.807, 2.05) is 109 Å². The molecular weight excluding hydrogens is 532 g/mol. The van der Waals surface area contributed by atoms with E-state index in [2.05, 4.69) is 10.6 Å². The SMILES string of the molecule is COc1cccc(C(=O)Nc2cccc(SC(C(=O)Nc3ccc(Oc4ccccc4)cc3)c3ccccc3)c2)c1. The van der Waals surface area contributed by atoms with Crippen LogP contribution >= 0.6 is 11.8 Å². The van der Waals surface area contributed by atoms with E-state index in [9.17, 15) is 9.59 Å². The van der Waals surface area contributed by atoms with Gasteiger partial charge in [-0.3, -0.25) is 9.59 Å². The van der Waals surface area contributed by atoms with Crippen LogP contribution in [0.4, 0.5) is 11.4 Å². The Morgan fingerprint density at radius 2 is 1.29 bits per heavy atom. The van der Waals surface area contributed by atoms with Gasteiger partial charge in [0.25, 0.3) is 5.91 Å². The van der Waals surface area contributed by atoms with Crippen molar-refractivity contribution in [2.24, 2.45) is 0 Å². The zero-order valence-corrected chi connectivity index (χ0v) is 23.1. The first kappa shape index (κ1) is 27.6. The third kappa shape index (κ3) is 7.56. The van der Waals surface area contributed by atoms with Crippen LogP contribution in [0.2, 0.25) is 0 Å². The van der Waals surface area contributed by atoms with Crippen LogP contribution in [0, 0.1) is 0 Å². The van der Waals surface area contributed by atoms with Gasteiger partial charge < -0.3 is 20.1 Å². The predicted molar refractivity (Wildman–Crippen MR) is 164 cm³/mol. The summed E-state index contributed by atoms with van der Waals surface area (Å²) in [5.74, 6) is 1.62. The fraction of sp³-hybridized carbons (Fsp3) is 0.0588. The van der Waals surface area contributed by atoms with Crippen molar-refractivity contribution in [2.45, 2.75) is 10.1 Å². The molecule has 41 heavy (non-hydrogen) atoms. The van der Waals surface area contributed by atoms with Crippen LogP contribution in [-0.4, -0.2) is 18.9 Å². The van der Waals surface area contributed by atoms with Gasteiger partial charge in [-0.1, -0.05) is 60.7 Å². The number of ether oxygens (including phenoxy) is 2. The number of nitrogens with one attached hydrogen (secondary N) is 2. The number of anilines is 2. The topological polar surface area (TPSA) is 76.7 Å². The van der Waals surface area contributed by atoms with E-state index in [1.165, 1.54) is 11.8 Å². The second kappa shape index (κ2) is 13.4. The molecule has 0 spiro atoms. The lowest BCUT2D eigenvalue weighted by atomic mass is 10.1. The minimum absolute atomic E-state index is 0.163. The molecule has 0 fully saturated rings. The summed E-state index contributed by atoms with van der Waals surface area (Å²) < 4.78 is 11.1. The molecule has 2 N–H and O–H groups in total. The van der Waals surface area contributed by atoms with Crippen LogP contribution < -0.4 is 20.1 Å². The molecule has 6 nitrogen and oxygen atoms in total. The molecule has 0 bridgehead atoms. The van der Waals surface area contributed by atoms with E-state index in [-0.39, 0.29) is 11.8 Å². The van der Waals surface area contributed by atoms with Gasteiger partial charge in [0.15, 0.2) is 0 Å². The first-order valence-electron chi connectivity index (χ1n) is 13.0. The van der Waals surface area contributed by atoms with Crippen molar-refractivity contribution in [3.8, 4) is 17.2 Å². The van der Waals surface area contributed by atoms with Crippen molar-refractivity contribution in [1.29, 1.82) is 0 Å². The molecular formula is C34H28N2O4S. The average Bonchev–Trinajstić information content (AvgIpc) is 3.02. The molecule has 0 saturated heterocycles. The van der Waals surface area contributed by atoms with Gasteiger partial charge in [0.2, 0.25) is 5.91 Å². The lowest BCUT2D eigenvalue weighted by molar-refractivity contribution is -0.115. The maximum atomic E-state index is 13.6. The standard InChI is InChI=1S/C34H28N2O4S/c1-39-30-16-8-12-25(22-30)33(37)36-27-13-9-17-31(23-27)41-32(24-10-4-2-5-11-24)34(38)35-26-18-20-29(21-19-26)40-28-14-6-3-7-15-28/h2-23,32H,1H3,(H,35,38)(H,36,37). The number of hydrogen-bond acceptors (Lipinski definition) is 5. The molecule has 1 unspecified atom stereocenters. The van der Waals surface area contributed by atoms with E-state index >= 15 is 0 Å². The summed E-state index contributed by atoms with van der Waals surface area (Å²) >= 11 is 1.41. The molecule has 0 saturated carbocycles. The van der Waals surface area contributed by atoms with Crippen LogP contribution in [0.3, 0.4) is 0 Å². The molecule has 0 aromatic heterocycles. The smallest absolute Gasteiger partial charge is 0.255 e. The van der Waals surface area contributed by atoms with Crippen LogP contribution in [-0.2, 0) is 4.79 Å². The van der Waals surface area contributed by atoms with Crippen molar-refractivity contribution in [3.05, 3.63) is 145 Å². The number of para-hydroxylation sites is 1. The quantitative estimate of drug-likeness (QED) is 0.168. The summed E-state index contributed by atoms with van der Waals surface area (Å²) in [6, 6.07) is 40.8. The third-order valence-electron chi connectivity index (χ3n) is 6.12. The van der Waals surface area contributed by atoms with Crippen molar-refractivity contribution < 1.29 is 19.1 Å². The highest BCUT2D eigenvalue weighted by Gasteiger charge is 2.22. The maximum Gasteiger partial charge on any atom is 0.255 e. The normalized spacial score (nSPS) is 11.2. The van der Waals surface area contributed by atoms with Gasteiger partial charge in [0.05, 0.1) is 7.11 Å². The van der Waals surface area contributed by atoms with E-state index < -0.39 is 5.25 Å². The molecule has 0 radical (unpaired) electrons. The summed E-state index contributed by atoms with van der Waals surface area (Å²) in [6.07, 6.45) is 0. The van der Waals surface area contributed by atoms with Crippen molar-refractivity contribution in [2.75, 3.05) is 17.7 Å². The Morgan fingerprint density at radius 3 is 2.02 bits per heavy atom. The van der Waals surface area contributed by atoms with Crippen molar-refractivity contribution in [1.82, 2.24) is 0 Å².